The van der Waals surface area contributed by atoms with Gasteiger partial charge in [0.2, 0.25) is 0 Å². The molecule has 0 saturated carbocycles. The molecule has 3 nitrogen and oxygen atoms in total. The molecule has 2 rings (SSSR count). The molecule has 0 radical (unpaired) electrons. The Bertz CT molecular complexity index is 386. The summed E-state index contributed by atoms with van der Waals surface area (Å²) in [5.74, 6) is 0. The Morgan fingerprint density at radius 3 is 2.45 bits per heavy atom. The number of nitrogens with one attached hydrogen (secondary N) is 1. The number of nitrogens with zero attached hydrogens (tertiary/aromatic N) is 1. The first-order valence-electron chi connectivity index (χ1n) is 7.99. The van der Waals surface area contributed by atoms with Crippen LogP contribution < -0.4 is 10.2 Å². The summed E-state index contributed by atoms with van der Waals surface area (Å²) in [5, 5.41) is 3.65. The molecule has 1 aromatic rings. The van der Waals surface area contributed by atoms with E-state index in [0.717, 1.165) is 39.0 Å². The van der Waals surface area contributed by atoms with Gasteiger partial charge < -0.3 is 15.0 Å². The molecule has 0 spiro atoms. The van der Waals surface area contributed by atoms with Gasteiger partial charge in [-0.05, 0) is 57.4 Å². The maximum atomic E-state index is 5.73. The third-order valence-corrected chi connectivity index (χ3v) is 4.19. The van der Waals surface area contributed by atoms with Crippen molar-refractivity contribution >= 4 is 11.4 Å². The minimum absolute atomic E-state index is 0.427. The zero-order valence-electron chi connectivity index (χ0n) is 13.1. The number of ether oxygens (including phenoxy) is 1. The summed E-state index contributed by atoms with van der Waals surface area (Å²) in [6, 6.07) is 9.37. The van der Waals surface area contributed by atoms with Crippen LogP contribution in [0, 0.1) is 0 Å². The molecule has 3 heteroatoms. The maximum absolute atomic E-state index is 5.73. The summed E-state index contributed by atoms with van der Waals surface area (Å²) in [6.45, 7) is 9.59. The fourth-order valence-electron chi connectivity index (χ4n) is 2.89. The molecule has 0 aliphatic carbocycles. The predicted molar refractivity (Wildman–Crippen MR) is 86.7 cm³/mol. The van der Waals surface area contributed by atoms with Crippen molar-refractivity contribution in [3.63, 3.8) is 0 Å². The Morgan fingerprint density at radius 1 is 1.15 bits per heavy atom. The standard InChI is InChI=1S/C17H28N2O/c1-4-17-13-15(11-12-20-17)18-14-7-9-16(10-8-14)19(5-2)6-3/h7-10,15,17-18H,4-6,11-13H2,1-3H3. The Labute approximate surface area is 123 Å². The number of benzene rings is 1. The molecule has 2 unspecified atom stereocenters. The molecule has 2 atom stereocenters. The highest BCUT2D eigenvalue weighted by atomic mass is 16.5. The highest BCUT2D eigenvalue weighted by molar-refractivity contribution is 5.55. The van der Waals surface area contributed by atoms with E-state index in [1.54, 1.807) is 0 Å². The number of hydrogen-bond acceptors (Lipinski definition) is 3. The van der Waals surface area contributed by atoms with Gasteiger partial charge in [-0.1, -0.05) is 6.92 Å². The van der Waals surface area contributed by atoms with E-state index in [1.807, 2.05) is 0 Å². The summed E-state index contributed by atoms with van der Waals surface area (Å²) in [4.78, 5) is 2.37. The molecule has 112 valence electrons. The smallest absolute Gasteiger partial charge is 0.0592 e. The van der Waals surface area contributed by atoms with E-state index in [9.17, 15) is 0 Å². The van der Waals surface area contributed by atoms with Crippen molar-refractivity contribution in [3.05, 3.63) is 24.3 Å². The van der Waals surface area contributed by atoms with Crippen LogP contribution in [0.5, 0.6) is 0 Å². The average molecular weight is 276 g/mol. The van der Waals surface area contributed by atoms with Crippen LogP contribution in [0.15, 0.2) is 24.3 Å². The van der Waals surface area contributed by atoms with Crippen molar-refractivity contribution in [2.75, 3.05) is 29.9 Å². The normalized spacial score (nSPS) is 22.6. The maximum Gasteiger partial charge on any atom is 0.0592 e. The first-order chi connectivity index (χ1) is 9.76. The summed E-state index contributed by atoms with van der Waals surface area (Å²) in [7, 11) is 0. The van der Waals surface area contributed by atoms with E-state index in [-0.39, 0.29) is 0 Å². The van der Waals surface area contributed by atoms with Gasteiger partial charge in [0, 0.05) is 37.1 Å². The Hall–Kier alpha value is -1.22. The second kappa shape index (κ2) is 7.53. The van der Waals surface area contributed by atoms with Crippen molar-refractivity contribution in [1.29, 1.82) is 0 Å². The molecule has 1 heterocycles. The molecular weight excluding hydrogens is 248 g/mol. The van der Waals surface area contributed by atoms with Gasteiger partial charge in [0.15, 0.2) is 0 Å². The predicted octanol–water partition coefficient (Wildman–Crippen LogP) is 3.90. The van der Waals surface area contributed by atoms with Crippen molar-refractivity contribution in [3.8, 4) is 0 Å². The topological polar surface area (TPSA) is 24.5 Å². The van der Waals surface area contributed by atoms with Crippen LogP contribution in [0.25, 0.3) is 0 Å². The van der Waals surface area contributed by atoms with Crippen molar-refractivity contribution in [2.45, 2.75) is 52.2 Å². The number of rotatable bonds is 6. The van der Waals surface area contributed by atoms with E-state index >= 15 is 0 Å². The third-order valence-electron chi connectivity index (χ3n) is 4.19. The molecular formula is C17H28N2O. The van der Waals surface area contributed by atoms with Crippen LogP contribution >= 0.6 is 0 Å². The minimum Gasteiger partial charge on any atom is -0.382 e. The second-order valence-electron chi connectivity index (χ2n) is 5.49. The Kier molecular flexibility index (Phi) is 5.72. The van der Waals surface area contributed by atoms with E-state index in [1.165, 1.54) is 11.4 Å². The van der Waals surface area contributed by atoms with E-state index in [2.05, 4.69) is 55.3 Å². The first kappa shape index (κ1) is 15.2. The van der Waals surface area contributed by atoms with Crippen LogP contribution in [0.1, 0.15) is 40.0 Å². The SMILES string of the molecule is CCC1CC(Nc2ccc(N(CC)CC)cc2)CCO1. The summed E-state index contributed by atoms with van der Waals surface area (Å²) in [5.41, 5.74) is 2.53. The van der Waals surface area contributed by atoms with Crippen molar-refractivity contribution < 1.29 is 4.74 Å². The first-order valence-corrected chi connectivity index (χ1v) is 7.99. The number of anilines is 2. The van der Waals surface area contributed by atoms with Crippen LogP contribution in [0.3, 0.4) is 0 Å². The molecule has 1 aliphatic heterocycles. The molecule has 0 amide bonds. The van der Waals surface area contributed by atoms with Crippen LogP contribution in [0.2, 0.25) is 0 Å². The fourth-order valence-corrected chi connectivity index (χ4v) is 2.89. The van der Waals surface area contributed by atoms with Crippen molar-refractivity contribution in [1.82, 2.24) is 0 Å². The molecule has 1 fully saturated rings. The summed E-state index contributed by atoms with van der Waals surface area (Å²) >= 11 is 0. The molecule has 1 saturated heterocycles. The lowest BCUT2D eigenvalue weighted by Crippen LogP contribution is -2.33. The van der Waals surface area contributed by atoms with Gasteiger partial charge in [0.25, 0.3) is 0 Å². The van der Waals surface area contributed by atoms with Crippen LogP contribution in [-0.2, 0) is 4.74 Å². The molecule has 20 heavy (non-hydrogen) atoms. The Morgan fingerprint density at radius 2 is 1.85 bits per heavy atom. The van der Waals surface area contributed by atoms with Gasteiger partial charge in [0.05, 0.1) is 6.10 Å². The fraction of sp³-hybridized carbons (Fsp3) is 0.647. The quantitative estimate of drug-likeness (QED) is 0.852. The van der Waals surface area contributed by atoms with E-state index in [0.29, 0.717) is 12.1 Å². The lowest BCUT2D eigenvalue weighted by Gasteiger charge is -2.30. The molecule has 1 N–H and O–H groups in total. The molecule has 1 aliphatic rings. The summed E-state index contributed by atoms with van der Waals surface area (Å²) < 4.78 is 5.73. The highest BCUT2D eigenvalue weighted by Crippen LogP contribution is 2.22. The average Bonchev–Trinajstić information content (AvgIpc) is 2.50. The largest absolute Gasteiger partial charge is 0.382 e. The van der Waals surface area contributed by atoms with Gasteiger partial charge >= 0.3 is 0 Å². The summed E-state index contributed by atoms with van der Waals surface area (Å²) in [6.07, 6.45) is 3.76. The molecule has 0 aromatic heterocycles. The van der Waals surface area contributed by atoms with E-state index < -0.39 is 0 Å². The van der Waals surface area contributed by atoms with Gasteiger partial charge in [-0.25, -0.2) is 0 Å². The lowest BCUT2D eigenvalue weighted by molar-refractivity contribution is 0.00926. The van der Waals surface area contributed by atoms with Gasteiger partial charge in [-0.2, -0.15) is 0 Å². The van der Waals surface area contributed by atoms with Gasteiger partial charge in [-0.15, -0.1) is 0 Å². The minimum atomic E-state index is 0.427. The zero-order chi connectivity index (χ0) is 14.4. The monoisotopic (exact) mass is 276 g/mol. The zero-order valence-corrected chi connectivity index (χ0v) is 13.1. The lowest BCUT2D eigenvalue weighted by atomic mass is 10.0. The molecule has 1 aromatic carbocycles. The second-order valence-corrected chi connectivity index (χ2v) is 5.49. The number of hydrogen-bond donors (Lipinski definition) is 1. The highest BCUT2D eigenvalue weighted by Gasteiger charge is 2.20. The third kappa shape index (κ3) is 3.89. The van der Waals surface area contributed by atoms with Gasteiger partial charge in [-0.3, -0.25) is 0 Å². The van der Waals surface area contributed by atoms with Crippen LogP contribution in [0.4, 0.5) is 11.4 Å². The van der Waals surface area contributed by atoms with Crippen molar-refractivity contribution in [2.24, 2.45) is 0 Å². The van der Waals surface area contributed by atoms with Gasteiger partial charge in [0.1, 0.15) is 0 Å². The Balaban J connectivity index is 1.93. The molecule has 0 bridgehead atoms. The van der Waals surface area contributed by atoms with Crippen LogP contribution in [-0.4, -0.2) is 31.8 Å². The van der Waals surface area contributed by atoms with E-state index in [4.69, 9.17) is 4.74 Å².